The maximum absolute atomic E-state index is 13.7. The number of hydrogen-bond donors (Lipinski definition) is 1. The predicted octanol–water partition coefficient (Wildman–Crippen LogP) is 5.24. The molecule has 0 aliphatic carbocycles. The third-order valence-electron chi connectivity index (χ3n) is 4.45. The molecule has 1 fully saturated rings. The van der Waals surface area contributed by atoms with Crippen LogP contribution in [0.5, 0.6) is 0 Å². The van der Waals surface area contributed by atoms with Crippen molar-refractivity contribution in [3.63, 3.8) is 0 Å². The second-order valence-corrected chi connectivity index (χ2v) is 8.22. The Morgan fingerprint density at radius 1 is 1.23 bits per heavy atom. The lowest BCUT2D eigenvalue weighted by molar-refractivity contribution is 0.102. The Kier molecular flexibility index (Phi) is 6.46. The van der Waals surface area contributed by atoms with Gasteiger partial charge in [-0.15, -0.1) is 0 Å². The van der Waals surface area contributed by atoms with Crippen LogP contribution in [0.3, 0.4) is 0 Å². The minimum atomic E-state index is -0.672. The lowest BCUT2D eigenvalue weighted by Crippen LogP contribution is -2.32. The Balaban J connectivity index is 1.78. The van der Waals surface area contributed by atoms with Crippen molar-refractivity contribution in [3.8, 4) is 0 Å². The number of carbonyl (C=O) groups is 1. The summed E-state index contributed by atoms with van der Waals surface area (Å²) in [5.74, 6) is 1.17. The third-order valence-corrected chi connectivity index (χ3v) is 5.99. The Bertz CT molecular complexity index is 825. The average Bonchev–Trinajstić information content (AvgIpc) is 2.62. The van der Waals surface area contributed by atoms with Gasteiger partial charge in [0.05, 0.1) is 15.6 Å². The van der Waals surface area contributed by atoms with Gasteiger partial charge >= 0.3 is 0 Å². The van der Waals surface area contributed by atoms with Gasteiger partial charge in [0.15, 0.2) is 0 Å². The molecule has 138 valence electrons. The van der Waals surface area contributed by atoms with Crippen molar-refractivity contribution >= 4 is 46.6 Å². The van der Waals surface area contributed by atoms with E-state index in [1.165, 1.54) is 11.6 Å². The topological polar surface area (TPSA) is 32.3 Å². The Hall–Kier alpha value is -1.27. The highest BCUT2D eigenvalue weighted by atomic mass is 35.5. The van der Waals surface area contributed by atoms with Crippen LogP contribution in [0.25, 0.3) is 0 Å². The van der Waals surface area contributed by atoms with Gasteiger partial charge in [-0.1, -0.05) is 35.3 Å². The van der Waals surface area contributed by atoms with Crippen LogP contribution in [0, 0.1) is 12.7 Å². The smallest absolute Gasteiger partial charge is 0.257 e. The van der Waals surface area contributed by atoms with E-state index in [-0.39, 0.29) is 15.6 Å². The molecule has 0 atom stereocenters. The van der Waals surface area contributed by atoms with E-state index in [0.717, 1.165) is 42.8 Å². The first-order chi connectivity index (χ1) is 12.5. The second-order valence-electron chi connectivity index (χ2n) is 6.18. The number of anilines is 1. The van der Waals surface area contributed by atoms with Gasteiger partial charge in [-0.2, -0.15) is 11.8 Å². The Labute approximate surface area is 166 Å². The first-order valence-corrected chi connectivity index (χ1v) is 10.2. The van der Waals surface area contributed by atoms with E-state index >= 15 is 0 Å². The number of hydrogen-bond acceptors (Lipinski definition) is 3. The van der Waals surface area contributed by atoms with Gasteiger partial charge in [0.1, 0.15) is 5.82 Å². The standard InChI is InChI=1S/C19H19Cl2FN2OS/c1-12-13(11-24-5-7-26-8-6-24)3-2-4-18(12)23-19(25)14-9-17(22)16(21)10-15(14)20/h2-4,9-10H,5-8,11H2,1H3,(H,23,25). The molecule has 1 aliphatic heterocycles. The van der Waals surface area contributed by atoms with E-state index in [0.29, 0.717) is 5.69 Å². The molecule has 0 bridgehead atoms. The number of nitrogens with zero attached hydrogens (tertiary/aromatic N) is 1. The van der Waals surface area contributed by atoms with Crippen molar-refractivity contribution in [3.05, 3.63) is 62.9 Å². The molecule has 2 aromatic rings. The van der Waals surface area contributed by atoms with Crippen molar-refractivity contribution in [2.45, 2.75) is 13.5 Å². The molecule has 7 heteroatoms. The van der Waals surface area contributed by atoms with Crippen molar-refractivity contribution in [1.82, 2.24) is 4.90 Å². The van der Waals surface area contributed by atoms with Crippen LogP contribution in [0.1, 0.15) is 21.5 Å². The monoisotopic (exact) mass is 412 g/mol. The average molecular weight is 413 g/mol. The van der Waals surface area contributed by atoms with Gasteiger partial charge in [0, 0.05) is 36.8 Å². The SMILES string of the molecule is Cc1c(CN2CCSCC2)cccc1NC(=O)c1cc(F)c(Cl)cc1Cl. The van der Waals surface area contributed by atoms with Crippen LogP contribution in [0.15, 0.2) is 30.3 Å². The van der Waals surface area contributed by atoms with Crippen molar-refractivity contribution < 1.29 is 9.18 Å². The maximum atomic E-state index is 13.7. The molecule has 26 heavy (non-hydrogen) atoms. The van der Waals surface area contributed by atoms with Crippen LogP contribution in [0.4, 0.5) is 10.1 Å². The largest absolute Gasteiger partial charge is 0.322 e. The van der Waals surface area contributed by atoms with Gasteiger partial charge < -0.3 is 5.32 Å². The second kappa shape index (κ2) is 8.61. The van der Waals surface area contributed by atoms with Crippen molar-refractivity contribution in [1.29, 1.82) is 0 Å². The summed E-state index contributed by atoms with van der Waals surface area (Å²) in [7, 11) is 0. The van der Waals surface area contributed by atoms with Gasteiger partial charge in [-0.3, -0.25) is 9.69 Å². The van der Waals surface area contributed by atoms with Crippen molar-refractivity contribution in [2.24, 2.45) is 0 Å². The van der Waals surface area contributed by atoms with E-state index in [2.05, 4.69) is 16.3 Å². The zero-order valence-electron chi connectivity index (χ0n) is 14.3. The molecule has 0 unspecified atom stereocenters. The first-order valence-electron chi connectivity index (χ1n) is 8.30. The van der Waals surface area contributed by atoms with E-state index in [4.69, 9.17) is 23.2 Å². The number of carbonyl (C=O) groups excluding carboxylic acids is 1. The number of nitrogens with one attached hydrogen (secondary N) is 1. The van der Waals surface area contributed by atoms with E-state index in [1.807, 2.05) is 30.8 Å². The first kappa shape index (κ1) is 19.5. The molecule has 3 rings (SSSR count). The Morgan fingerprint density at radius 3 is 2.69 bits per heavy atom. The van der Waals surface area contributed by atoms with Crippen LogP contribution >= 0.6 is 35.0 Å². The summed E-state index contributed by atoms with van der Waals surface area (Å²) in [6.07, 6.45) is 0. The van der Waals surface area contributed by atoms with Crippen molar-refractivity contribution in [2.75, 3.05) is 29.9 Å². The summed E-state index contributed by atoms with van der Waals surface area (Å²) in [6.45, 7) is 4.97. The van der Waals surface area contributed by atoms with E-state index in [1.54, 1.807) is 0 Å². The molecule has 0 saturated carbocycles. The van der Waals surface area contributed by atoms with Crippen LogP contribution in [-0.4, -0.2) is 35.4 Å². The minimum absolute atomic E-state index is 0.0615. The summed E-state index contributed by atoms with van der Waals surface area (Å²) < 4.78 is 13.7. The fourth-order valence-electron chi connectivity index (χ4n) is 2.88. The van der Waals surface area contributed by atoms with Gasteiger partial charge in [-0.05, 0) is 36.2 Å². The molecule has 0 aromatic heterocycles. The van der Waals surface area contributed by atoms with E-state index < -0.39 is 11.7 Å². The molecular weight excluding hydrogens is 394 g/mol. The molecule has 0 spiro atoms. The lowest BCUT2D eigenvalue weighted by atomic mass is 10.1. The third kappa shape index (κ3) is 4.52. The zero-order chi connectivity index (χ0) is 18.7. The number of halogens is 3. The normalized spacial score (nSPS) is 15.1. The van der Waals surface area contributed by atoms with E-state index in [9.17, 15) is 9.18 Å². The molecule has 1 heterocycles. The summed E-state index contributed by atoms with van der Waals surface area (Å²) in [4.78, 5) is 14.9. The van der Waals surface area contributed by atoms with Gasteiger partial charge in [-0.25, -0.2) is 4.39 Å². The molecular formula is C19H19Cl2FN2OS. The van der Waals surface area contributed by atoms with Crippen LogP contribution in [-0.2, 0) is 6.54 Å². The molecule has 1 aliphatic rings. The summed E-state index contributed by atoms with van der Waals surface area (Å²) in [5.41, 5.74) is 2.93. The van der Waals surface area contributed by atoms with Gasteiger partial charge in [0.25, 0.3) is 5.91 Å². The van der Waals surface area contributed by atoms with Crippen LogP contribution in [0.2, 0.25) is 10.0 Å². The fourth-order valence-corrected chi connectivity index (χ4v) is 4.32. The Morgan fingerprint density at radius 2 is 1.96 bits per heavy atom. The highest BCUT2D eigenvalue weighted by molar-refractivity contribution is 7.99. The van der Waals surface area contributed by atoms with Crippen LogP contribution < -0.4 is 5.32 Å². The van der Waals surface area contributed by atoms with Gasteiger partial charge in [0.2, 0.25) is 0 Å². The predicted molar refractivity (Wildman–Crippen MR) is 108 cm³/mol. The maximum Gasteiger partial charge on any atom is 0.257 e. The minimum Gasteiger partial charge on any atom is -0.322 e. The summed E-state index contributed by atoms with van der Waals surface area (Å²) >= 11 is 13.7. The lowest BCUT2D eigenvalue weighted by Gasteiger charge is -2.27. The molecule has 3 nitrogen and oxygen atoms in total. The molecule has 1 N–H and O–H groups in total. The number of benzene rings is 2. The number of amides is 1. The molecule has 0 radical (unpaired) electrons. The highest BCUT2D eigenvalue weighted by Gasteiger charge is 2.17. The summed E-state index contributed by atoms with van der Waals surface area (Å²) in [5, 5.41) is 2.85. The zero-order valence-corrected chi connectivity index (χ0v) is 16.6. The number of rotatable bonds is 4. The molecule has 2 aromatic carbocycles. The number of thioether (sulfide) groups is 1. The highest BCUT2D eigenvalue weighted by Crippen LogP contribution is 2.27. The molecule has 1 saturated heterocycles. The fraction of sp³-hybridized carbons (Fsp3) is 0.316. The summed E-state index contributed by atoms with van der Waals surface area (Å²) in [6, 6.07) is 8.13. The quantitative estimate of drug-likeness (QED) is 0.696. The molecule has 1 amide bonds.